The number of methoxy groups -OCH3 is 1. The molecule has 3 aromatic rings. The lowest BCUT2D eigenvalue weighted by molar-refractivity contribution is -0.157. The van der Waals surface area contributed by atoms with E-state index in [-0.39, 0.29) is 13.2 Å². The molecule has 0 spiro atoms. The van der Waals surface area contributed by atoms with Crippen molar-refractivity contribution >= 4 is 22.9 Å². The average molecular weight is 426 g/mol. The second-order valence-electron chi connectivity index (χ2n) is 7.79. The highest BCUT2D eigenvalue weighted by Crippen LogP contribution is 2.36. The molecule has 0 radical (unpaired) electrons. The van der Waals surface area contributed by atoms with Crippen LogP contribution >= 0.6 is 0 Å². The third kappa shape index (κ3) is 5.36. The van der Waals surface area contributed by atoms with Crippen LogP contribution in [0.1, 0.15) is 38.1 Å². The van der Waals surface area contributed by atoms with Crippen LogP contribution in [0.5, 0.6) is 11.5 Å². The fraction of sp³-hybridized carbons (Fsp3) is 0.333. The van der Waals surface area contributed by atoms with Crippen molar-refractivity contribution in [2.75, 3.05) is 20.3 Å². The maximum atomic E-state index is 12.7. The van der Waals surface area contributed by atoms with Gasteiger partial charge in [-0.25, -0.2) is 9.59 Å². The molecule has 0 fully saturated rings. The van der Waals surface area contributed by atoms with Crippen molar-refractivity contribution < 1.29 is 33.0 Å². The molecule has 2 aromatic carbocycles. The molecule has 0 aliphatic heterocycles. The van der Waals surface area contributed by atoms with E-state index >= 15 is 0 Å². The molecule has 0 N–H and O–H groups in total. The average Bonchev–Trinajstić information content (AvgIpc) is 3.10. The Balaban J connectivity index is 1.97. The molecule has 7 nitrogen and oxygen atoms in total. The molecule has 0 amide bonds. The molecule has 0 saturated heterocycles. The lowest BCUT2D eigenvalue weighted by Gasteiger charge is -2.19. The Morgan fingerprint density at radius 2 is 1.68 bits per heavy atom. The van der Waals surface area contributed by atoms with Crippen LogP contribution in [0, 0.1) is 0 Å². The van der Waals surface area contributed by atoms with Gasteiger partial charge in [-0.2, -0.15) is 0 Å². The van der Waals surface area contributed by atoms with Gasteiger partial charge in [0.1, 0.15) is 34.0 Å². The molecular formula is C24H26O7. The number of ether oxygens (including phenoxy) is 4. The van der Waals surface area contributed by atoms with Crippen LogP contribution in [0.15, 0.2) is 46.9 Å². The highest BCUT2D eigenvalue weighted by atomic mass is 16.6. The number of hydrogen-bond acceptors (Lipinski definition) is 7. The lowest BCUT2D eigenvalue weighted by Crippen LogP contribution is -2.27. The van der Waals surface area contributed by atoms with Crippen LogP contribution in [0.4, 0.5) is 0 Å². The SMILES string of the molecule is CCOC(=O)c1c(-c2ccc(OC)cc2)oc2ccc(OCC(=O)OC(C)(C)C)cc12. The van der Waals surface area contributed by atoms with Gasteiger partial charge in [0.15, 0.2) is 6.61 Å². The van der Waals surface area contributed by atoms with E-state index in [1.165, 1.54) is 0 Å². The number of carbonyl (C=O) groups excluding carboxylic acids is 2. The number of fused-ring (bicyclic) bond motifs is 1. The summed E-state index contributed by atoms with van der Waals surface area (Å²) in [6, 6.07) is 12.2. The Morgan fingerprint density at radius 3 is 2.29 bits per heavy atom. The Hall–Kier alpha value is -3.48. The first-order chi connectivity index (χ1) is 14.7. The minimum atomic E-state index is -0.598. The quantitative estimate of drug-likeness (QED) is 0.491. The number of hydrogen-bond donors (Lipinski definition) is 0. The predicted octanol–water partition coefficient (Wildman–Crippen LogP) is 5.01. The predicted molar refractivity (Wildman–Crippen MR) is 115 cm³/mol. The summed E-state index contributed by atoms with van der Waals surface area (Å²) in [5.41, 5.74) is 0.902. The Morgan fingerprint density at radius 1 is 1.00 bits per heavy atom. The number of carbonyl (C=O) groups is 2. The molecule has 1 heterocycles. The van der Waals surface area contributed by atoms with Crippen LogP contribution in [-0.2, 0) is 14.3 Å². The fourth-order valence-corrected chi connectivity index (χ4v) is 3.03. The molecule has 31 heavy (non-hydrogen) atoms. The summed E-state index contributed by atoms with van der Waals surface area (Å²) in [6.45, 7) is 7.07. The standard InChI is InChI=1S/C24H26O7/c1-6-28-23(26)21-18-13-17(29-14-20(25)31-24(2,3)4)11-12-19(18)30-22(21)15-7-9-16(27-5)10-8-15/h7-13H,6,14H2,1-5H3. The van der Waals surface area contributed by atoms with Crippen molar-refractivity contribution in [1.82, 2.24) is 0 Å². The summed E-state index contributed by atoms with van der Waals surface area (Å²) < 4.78 is 27.3. The smallest absolute Gasteiger partial charge is 0.344 e. The van der Waals surface area contributed by atoms with Gasteiger partial charge >= 0.3 is 11.9 Å². The third-order valence-electron chi connectivity index (χ3n) is 4.27. The van der Waals surface area contributed by atoms with Gasteiger partial charge in [-0.3, -0.25) is 0 Å². The topological polar surface area (TPSA) is 84.2 Å². The zero-order valence-electron chi connectivity index (χ0n) is 18.3. The summed E-state index contributed by atoms with van der Waals surface area (Å²) in [7, 11) is 1.58. The summed E-state index contributed by atoms with van der Waals surface area (Å²) in [6.07, 6.45) is 0. The Labute approximate surface area is 180 Å². The van der Waals surface area contributed by atoms with Gasteiger partial charge in [-0.15, -0.1) is 0 Å². The molecule has 0 saturated carbocycles. The monoisotopic (exact) mass is 426 g/mol. The zero-order valence-corrected chi connectivity index (χ0v) is 18.3. The van der Waals surface area contributed by atoms with Crippen molar-refractivity contribution in [2.24, 2.45) is 0 Å². The van der Waals surface area contributed by atoms with Gasteiger partial charge < -0.3 is 23.4 Å². The first-order valence-electron chi connectivity index (χ1n) is 9.94. The fourth-order valence-electron chi connectivity index (χ4n) is 3.03. The highest BCUT2D eigenvalue weighted by molar-refractivity contribution is 6.09. The number of benzene rings is 2. The van der Waals surface area contributed by atoms with Crippen LogP contribution in [-0.4, -0.2) is 37.9 Å². The highest BCUT2D eigenvalue weighted by Gasteiger charge is 2.24. The number of rotatable bonds is 7. The molecule has 3 rings (SSSR count). The molecule has 1 aromatic heterocycles. The van der Waals surface area contributed by atoms with Crippen LogP contribution in [0.25, 0.3) is 22.3 Å². The van der Waals surface area contributed by atoms with E-state index in [0.29, 0.717) is 39.4 Å². The molecule has 0 aliphatic rings. The Kier molecular flexibility index (Phi) is 6.53. The molecule has 0 unspecified atom stereocenters. The second kappa shape index (κ2) is 9.12. The van der Waals surface area contributed by atoms with Crippen LogP contribution < -0.4 is 9.47 Å². The van der Waals surface area contributed by atoms with E-state index < -0.39 is 17.5 Å². The minimum absolute atomic E-state index is 0.225. The van der Waals surface area contributed by atoms with Gasteiger partial charge in [0.2, 0.25) is 0 Å². The van der Waals surface area contributed by atoms with Crippen LogP contribution in [0.3, 0.4) is 0 Å². The van der Waals surface area contributed by atoms with E-state index in [1.807, 2.05) is 0 Å². The minimum Gasteiger partial charge on any atom is -0.497 e. The number of furan rings is 1. The van der Waals surface area contributed by atoms with Gasteiger partial charge in [-0.05, 0) is 70.2 Å². The van der Waals surface area contributed by atoms with Crippen molar-refractivity contribution in [3.8, 4) is 22.8 Å². The largest absolute Gasteiger partial charge is 0.497 e. The van der Waals surface area contributed by atoms with Crippen LogP contribution in [0.2, 0.25) is 0 Å². The first kappa shape index (κ1) is 22.2. The molecule has 7 heteroatoms. The summed E-state index contributed by atoms with van der Waals surface area (Å²) in [5, 5.41) is 0.533. The van der Waals surface area contributed by atoms with Crippen molar-refractivity contribution in [3.63, 3.8) is 0 Å². The maximum absolute atomic E-state index is 12.7. The van der Waals surface area contributed by atoms with E-state index in [0.717, 1.165) is 0 Å². The van der Waals surface area contributed by atoms with Gasteiger partial charge in [0.05, 0.1) is 13.7 Å². The van der Waals surface area contributed by atoms with E-state index in [4.69, 9.17) is 23.4 Å². The van der Waals surface area contributed by atoms with E-state index in [1.54, 1.807) is 77.3 Å². The summed E-state index contributed by atoms with van der Waals surface area (Å²) >= 11 is 0. The normalized spacial score (nSPS) is 11.3. The molecule has 0 aliphatic carbocycles. The van der Waals surface area contributed by atoms with Crippen molar-refractivity contribution in [3.05, 3.63) is 48.0 Å². The molecule has 164 valence electrons. The Bertz CT molecular complexity index is 1070. The number of esters is 2. The molecule has 0 bridgehead atoms. The summed E-state index contributed by atoms with van der Waals surface area (Å²) in [5.74, 6) is 0.502. The van der Waals surface area contributed by atoms with E-state index in [9.17, 15) is 9.59 Å². The van der Waals surface area contributed by atoms with Crippen molar-refractivity contribution in [2.45, 2.75) is 33.3 Å². The van der Waals surface area contributed by atoms with Gasteiger partial charge in [0.25, 0.3) is 0 Å². The van der Waals surface area contributed by atoms with E-state index in [2.05, 4.69) is 0 Å². The molecular weight excluding hydrogens is 400 g/mol. The first-order valence-corrected chi connectivity index (χ1v) is 9.94. The summed E-state index contributed by atoms with van der Waals surface area (Å²) in [4.78, 5) is 24.7. The maximum Gasteiger partial charge on any atom is 0.344 e. The zero-order chi connectivity index (χ0) is 22.6. The second-order valence-corrected chi connectivity index (χ2v) is 7.79. The van der Waals surface area contributed by atoms with Crippen molar-refractivity contribution in [1.29, 1.82) is 0 Å². The molecule has 0 atom stereocenters. The third-order valence-corrected chi connectivity index (χ3v) is 4.27. The van der Waals surface area contributed by atoms with Gasteiger partial charge in [0, 0.05) is 10.9 Å². The van der Waals surface area contributed by atoms with Gasteiger partial charge in [-0.1, -0.05) is 0 Å². The lowest BCUT2D eigenvalue weighted by atomic mass is 10.1.